The molecule has 2 aliphatic heterocycles. The van der Waals surface area contributed by atoms with E-state index in [1.165, 1.54) is 16.4 Å². The highest BCUT2D eigenvalue weighted by Crippen LogP contribution is 2.35. The van der Waals surface area contributed by atoms with E-state index in [1.54, 1.807) is 23.1 Å². The Labute approximate surface area is 97.1 Å². The van der Waals surface area contributed by atoms with E-state index < -0.39 is 0 Å². The van der Waals surface area contributed by atoms with E-state index in [9.17, 15) is 0 Å². The summed E-state index contributed by atoms with van der Waals surface area (Å²) in [5, 5.41) is 7.67. The predicted molar refractivity (Wildman–Crippen MR) is 66.1 cm³/mol. The van der Waals surface area contributed by atoms with Gasteiger partial charge in [-0.2, -0.15) is 11.3 Å². The summed E-state index contributed by atoms with van der Waals surface area (Å²) in [5.41, 5.74) is 2.65. The predicted octanol–water partition coefficient (Wildman–Crippen LogP) is 2.89. The Morgan fingerprint density at radius 3 is 3.14 bits per heavy atom. The van der Waals surface area contributed by atoms with Gasteiger partial charge in [-0.15, -0.1) is 12.4 Å². The summed E-state index contributed by atoms with van der Waals surface area (Å²) in [4.78, 5) is 6.71. The highest BCUT2D eigenvalue weighted by Gasteiger charge is 2.26. The zero-order valence-electron chi connectivity index (χ0n) is 7.34. The number of halogens is 1. The maximum absolute atomic E-state index is 4.41. The van der Waals surface area contributed by atoms with Gasteiger partial charge in [0.15, 0.2) is 5.17 Å². The molecule has 3 heterocycles. The smallest absolute Gasteiger partial charge is 0.168 e. The Balaban J connectivity index is 0.000000750. The summed E-state index contributed by atoms with van der Waals surface area (Å²) in [6.45, 7) is 1.99. The van der Waals surface area contributed by atoms with E-state index in [4.69, 9.17) is 0 Å². The fourth-order valence-electron chi connectivity index (χ4n) is 1.56. The van der Waals surface area contributed by atoms with Crippen LogP contribution in [0.4, 0.5) is 0 Å². The highest BCUT2D eigenvalue weighted by molar-refractivity contribution is 8.16. The van der Waals surface area contributed by atoms with Gasteiger partial charge in [0.05, 0.1) is 12.2 Å². The Morgan fingerprint density at radius 1 is 1.43 bits per heavy atom. The van der Waals surface area contributed by atoms with Crippen LogP contribution < -0.4 is 0 Å². The summed E-state index contributed by atoms with van der Waals surface area (Å²) in [6.07, 6.45) is 0. The molecule has 2 aliphatic rings. The van der Waals surface area contributed by atoms with Crippen molar-refractivity contribution >= 4 is 46.4 Å². The van der Waals surface area contributed by atoms with Crippen molar-refractivity contribution in [3.63, 3.8) is 0 Å². The molecule has 0 atom stereocenters. The number of thiophene rings is 1. The molecule has 0 fully saturated rings. The minimum atomic E-state index is 0. The first-order chi connectivity index (χ1) is 6.45. The van der Waals surface area contributed by atoms with Crippen molar-refractivity contribution in [3.8, 4) is 0 Å². The minimum absolute atomic E-state index is 0. The molecule has 2 nitrogen and oxygen atoms in total. The molecule has 74 valence electrons. The molecule has 1 aromatic heterocycles. The fourth-order valence-corrected chi connectivity index (χ4v) is 3.17. The van der Waals surface area contributed by atoms with Crippen molar-refractivity contribution in [2.24, 2.45) is 4.99 Å². The molecule has 5 heteroatoms. The number of aliphatic imine (C=N–C) groups is 1. The molecule has 0 aromatic carbocycles. The molecule has 0 bridgehead atoms. The molecule has 1 aromatic rings. The van der Waals surface area contributed by atoms with Crippen molar-refractivity contribution in [1.82, 2.24) is 4.90 Å². The second-order valence-corrected chi connectivity index (χ2v) is 4.57. The average Bonchev–Trinajstić information content (AvgIpc) is 2.79. The van der Waals surface area contributed by atoms with Crippen LogP contribution in [0.3, 0.4) is 0 Å². The first-order valence-corrected chi connectivity index (χ1v) is 5.99. The Hall–Kier alpha value is -0.450. The lowest BCUT2D eigenvalue weighted by atomic mass is 10.2. The van der Waals surface area contributed by atoms with Gasteiger partial charge < -0.3 is 4.90 Å². The van der Waals surface area contributed by atoms with Gasteiger partial charge >= 0.3 is 0 Å². The van der Waals surface area contributed by atoms with E-state index >= 15 is 0 Å². The molecule has 0 radical (unpaired) electrons. The standard InChI is InChI=1S/C9H8N2S2.ClH/c1-4-12-5-7(1)8-6-13-9-10-2-3-11(8)9;/h1,4-6H,2-3H2;1H. The van der Waals surface area contributed by atoms with E-state index in [0.29, 0.717) is 0 Å². The maximum Gasteiger partial charge on any atom is 0.168 e. The van der Waals surface area contributed by atoms with E-state index in [-0.39, 0.29) is 12.4 Å². The molecular weight excluding hydrogens is 236 g/mol. The highest BCUT2D eigenvalue weighted by atomic mass is 35.5. The molecule has 14 heavy (non-hydrogen) atoms. The van der Waals surface area contributed by atoms with Crippen molar-refractivity contribution in [2.75, 3.05) is 13.1 Å². The van der Waals surface area contributed by atoms with Crippen LogP contribution in [-0.4, -0.2) is 23.2 Å². The van der Waals surface area contributed by atoms with Crippen LogP contribution in [0.2, 0.25) is 0 Å². The summed E-state index contributed by atoms with van der Waals surface area (Å²) >= 11 is 3.48. The molecule has 0 saturated heterocycles. The quantitative estimate of drug-likeness (QED) is 0.755. The van der Waals surface area contributed by atoms with E-state index in [0.717, 1.165) is 13.1 Å². The molecule has 0 N–H and O–H groups in total. The first kappa shape index (κ1) is 10.1. The van der Waals surface area contributed by atoms with Crippen molar-refractivity contribution < 1.29 is 0 Å². The Bertz CT molecular complexity index is 384. The summed E-state index contributed by atoms with van der Waals surface area (Å²) < 4.78 is 0. The van der Waals surface area contributed by atoms with Crippen molar-refractivity contribution in [1.29, 1.82) is 0 Å². The van der Waals surface area contributed by atoms with Crippen molar-refractivity contribution in [3.05, 3.63) is 27.8 Å². The van der Waals surface area contributed by atoms with Crippen LogP contribution in [0.1, 0.15) is 5.56 Å². The Kier molecular flexibility index (Phi) is 2.85. The molecule has 0 spiro atoms. The zero-order valence-corrected chi connectivity index (χ0v) is 9.79. The van der Waals surface area contributed by atoms with Gasteiger partial charge in [0, 0.05) is 22.9 Å². The second-order valence-electron chi connectivity index (χ2n) is 2.95. The van der Waals surface area contributed by atoms with Crippen LogP contribution in [0.15, 0.2) is 27.2 Å². The van der Waals surface area contributed by atoms with E-state index in [1.807, 2.05) is 0 Å². The van der Waals surface area contributed by atoms with Gasteiger partial charge in [-0.05, 0) is 11.4 Å². The number of fused-ring (bicyclic) bond motifs is 1. The largest absolute Gasteiger partial charge is 0.318 e. The van der Waals surface area contributed by atoms with Crippen LogP contribution in [0.25, 0.3) is 5.70 Å². The molecule has 0 saturated carbocycles. The lowest BCUT2D eigenvalue weighted by Gasteiger charge is -2.14. The Morgan fingerprint density at radius 2 is 2.36 bits per heavy atom. The maximum atomic E-state index is 4.41. The molecular formula is C9H9ClN2S2. The van der Waals surface area contributed by atoms with Crippen molar-refractivity contribution in [2.45, 2.75) is 0 Å². The normalized spacial score (nSPS) is 18.7. The number of thioether (sulfide) groups is 1. The van der Waals surface area contributed by atoms with Crippen LogP contribution in [0, 0.1) is 0 Å². The zero-order chi connectivity index (χ0) is 8.67. The van der Waals surface area contributed by atoms with Gasteiger partial charge in [0.1, 0.15) is 0 Å². The first-order valence-electron chi connectivity index (χ1n) is 4.16. The third kappa shape index (κ3) is 1.47. The topological polar surface area (TPSA) is 15.6 Å². The summed E-state index contributed by atoms with van der Waals surface area (Å²) in [5.74, 6) is 0. The van der Waals surface area contributed by atoms with Gasteiger partial charge in [-0.25, -0.2) is 0 Å². The van der Waals surface area contributed by atoms with E-state index in [2.05, 4.69) is 32.1 Å². The van der Waals surface area contributed by atoms with Crippen LogP contribution >= 0.6 is 35.5 Å². The van der Waals surface area contributed by atoms with Gasteiger partial charge in [-0.3, -0.25) is 4.99 Å². The number of hydrogen-bond acceptors (Lipinski definition) is 4. The molecule has 0 unspecified atom stereocenters. The van der Waals surface area contributed by atoms with Gasteiger partial charge in [0.25, 0.3) is 0 Å². The molecule has 3 rings (SSSR count). The monoisotopic (exact) mass is 244 g/mol. The fraction of sp³-hybridized carbons (Fsp3) is 0.222. The van der Waals surface area contributed by atoms with Crippen LogP contribution in [0.5, 0.6) is 0 Å². The third-order valence-electron chi connectivity index (χ3n) is 2.19. The third-order valence-corrected chi connectivity index (χ3v) is 3.77. The molecule has 0 amide bonds. The number of rotatable bonds is 1. The molecule has 0 aliphatic carbocycles. The average molecular weight is 245 g/mol. The lowest BCUT2D eigenvalue weighted by Crippen LogP contribution is -2.19. The van der Waals surface area contributed by atoms with Gasteiger partial charge in [-0.1, -0.05) is 11.8 Å². The number of nitrogens with zero attached hydrogens (tertiary/aromatic N) is 2. The van der Waals surface area contributed by atoms with Gasteiger partial charge in [0.2, 0.25) is 0 Å². The minimum Gasteiger partial charge on any atom is -0.318 e. The number of amidine groups is 1. The van der Waals surface area contributed by atoms with Crippen LogP contribution in [-0.2, 0) is 0 Å². The SMILES string of the molecule is C1=C(c2ccsc2)N2CCN=C2S1.Cl. The lowest BCUT2D eigenvalue weighted by molar-refractivity contribution is 0.650. The summed E-state index contributed by atoms with van der Waals surface area (Å²) in [6, 6.07) is 2.16. The second kappa shape index (κ2) is 3.96. The summed E-state index contributed by atoms with van der Waals surface area (Å²) in [7, 11) is 0. The number of hydrogen-bond donors (Lipinski definition) is 0.